The van der Waals surface area contributed by atoms with Gasteiger partial charge < -0.3 is 19.6 Å². The molecule has 2 aromatic heterocycles. The molecule has 5 rings (SSSR count). The molecule has 222 valence electrons. The summed E-state index contributed by atoms with van der Waals surface area (Å²) in [7, 11) is 0. The number of thiophene rings is 1. The van der Waals surface area contributed by atoms with Gasteiger partial charge >= 0.3 is 5.97 Å². The van der Waals surface area contributed by atoms with E-state index in [1.807, 2.05) is 15.9 Å². The summed E-state index contributed by atoms with van der Waals surface area (Å²) in [6, 6.07) is 5.32. The molecular weight excluding hydrogens is 538 g/mol. The Morgan fingerprint density at radius 1 is 1.02 bits per heavy atom. The number of carbonyl (C=O) groups excluding carboxylic acids is 2. The van der Waals surface area contributed by atoms with Gasteiger partial charge in [-0.25, -0.2) is 9.78 Å². The average molecular weight is 582 g/mol. The highest BCUT2D eigenvalue weighted by Gasteiger charge is 2.38. The second-order valence-electron chi connectivity index (χ2n) is 13.1. The number of ether oxygens (including phenoxy) is 1. The Labute approximate surface area is 247 Å². The Kier molecular flexibility index (Phi) is 8.73. The maximum Gasteiger partial charge on any atom is 0.348 e. The molecule has 8 nitrogen and oxygen atoms in total. The summed E-state index contributed by atoms with van der Waals surface area (Å²) in [6.07, 6.45) is 9.22. The van der Waals surface area contributed by atoms with Gasteiger partial charge in [-0.05, 0) is 81.3 Å². The van der Waals surface area contributed by atoms with Crippen LogP contribution in [-0.4, -0.2) is 58.0 Å². The fourth-order valence-electron chi connectivity index (χ4n) is 6.18. The molecule has 2 aromatic rings. The summed E-state index contributed by atoms with van der Waals surface area (Å²) in [5, 5.41) is 10.2. The van der Waals surface area contributed by atoms with Gasteiger partial charge in [0.15, 0.2) is 0 Å². The lowest BCUT2D eigenvalue weighted by molar-refractivity contribution is -0.124. The number of likely N-dealkylation sites (tertiary alicyclic amines) is 1. The van der Waals surface area contributed by atoms with E-state index < -0.39 is 5.97 Å². The van der Waals surface area contributed by atoms with E-state index in [2.05, 4.69) is 32.7 Å². The second kappa shape index (κ2) is 12.1. The van der Waals surface area contributed by atoms with Crippen molar-refractivity contribution in [3.63, 3.8) is 0 Å². The van der Waals surface area contributed by atoms with Crippen molar-refractivity contribution >= 4 is 34.8 Å². The molecule has 2 amide bonds. The lowest BCUT2D eigenvalue weighted by atomic mass is 9.81. The molecule has 3 fully saturated rings. The van der Waals surface area contributed by atoms with Crippen molar-refractivity contribution in [3.8, 4) is 5.88 Å². The number of carbonyl (C=O) groups is 3. The number of rotatable bonds is 7. The van der Waals surface area contributed by atoms with E-state index in [1.54, 1.807) is 18.3 Å². The molecule has 0 unspecified atom stereocenters. The Morgan fingerprint density at radius 3 is 2.29 bits per heavy atom. The van der Waals surface area contributed by atoms with E-state index >= 15 is 0 Å². The zero-order valence-corrected chi connectivity index (χ0v) is 25.5. The van der Waals surface area contributed by atoms with Crippen molar-refractivity contribution in [1.82, 2.24) is 9.88 Å². The maximum atomic E-state index is 14.2. The number of aromatic nitrogens is 1. The maximum absolute atomic E-state index is 14.2. The van der Waals surface area contributed by atoms with Crippen LogP contribution in [0.25, 0.3) is 0 Å². The first-order chi connectivity index (χ1) is 19.5. The van der Waals surface area contributed by atoms with Gasteiger partial charge in [0.2, 0.25) is 11.8 Å². The number of nitrogens with zero attached hydrogens (tertiary/aromatic N) is 3. The van der Waals surface area contributed by atoms with E-state index in [1.165, 1.54) is 11.3 Å². The van der Waals surface area contributed by atoms with E-state index in [0.29, 0.717) is 35.9 Å². The lowest BCUT2D eigenvalue weighted by Gasteiger charge is -2.39. The summed E-state index contributed by atoms with van der Waals surface area (Å²) in [4.78, 5) is 48.5. The SMILES string of the molecule is CC1CCC(C(=O)N(c2cc(C(C)(C)C)sc2C(=O)O)C2CCC(Oc3cc(C(=O)N4CCC4)ccn3)CC2)CC1. The first-order valence-electron chi connectivity index (χ1n) is 15.1. The highest BCUT2D eigenvalue weighted by atomic mass is 32.1. The van der Waals surface area contributed by atoms with Crippen molar-refractivity contribution in [3.05, 3.63) is 39.7 Å². The van der Waals surface area contributed by atoms with Gasteiger partial charge in [0.05, 0.1) is 5.69 Å². The molecule has 0 radical (unpaired) electrons. The largest absolute Gasteiger partial charge is 0.477 e. The number of carboxylic acids is 1. The predicted octanol–water partition coefficient (Wildman–Crippen LogP) is 6.53. The minimum atomic E-state index is -0.980. The number of carboxylic acid groups (broad SMARTS) is 1. The third-order valence-electron chi connectivity index (χ3n) is 8.93. The topological polar surface area (TPSA) is 100 Å². The highest BCUT2D eigenvalue weighted by molar-refractivity contribution is 7.14. The van der Waals surface area contributed by atoms with Crippen LogP contribution >= 0.6 is 11.3 Å². The Morgan fingerprint density at radius 2 is 1.71 bits per heavy atom. The molecule has 9 heteroatoms. The van der Waals surface area contributed by atoms with Crippen LogP contribution in [-0.2, 0) is 10.2 Å². The average Bonchev–Trinajstić information content (AvgIpc) is 3.35. The first kappa shape index (κ1) is 29.5. The third kappa shape index (κ3) is 6.60. The van der Waals surface area contributed by atoms with Gasteiger partial charge in [0.25, 0.3) is 5.91 Å². The zero-order valence-electron chi connectivity index (χ0n) is 24.7. The van der Waals surface area contributed by atoms with Crippen LogP contribution in [0.5, 0.6) is 5.88 Å². The van der Waals surface area contributed by atoms with Crippen LogP contribution < -0.4 is 9.64 Å². The van der Waals surface area contributed by atoms with Crippen molar-refractivity contribution in [2.75, 3.05) is 18.0 Å². The van der Waals surface area contributed by atoms with Crippen molar-refractivity contribution in [2.24, 2.45) is 11.8 Å². The molecule has 1 aliphatic heterocycles. The number of pyridine rings is 1. The minimum Gasteiger partial charge on any atom is -0.477 e. The summed E-state index contributed by atoms with van der Waals surface area (Å²) in [5.74, 6) is 0.0996. The minimum absolute atomic E-state index is 0.0121. The molecule has 0 aromatic carbocycles. The van der Waals surface area contributed by atoms with E-state index in [9.17, 15) is 19.5 Å². The zero-order chi connectivity index (χ0) is 29.3. The van der Waals surface area contributed by atoms with Gasteiger partial charge in [-0.1, -0.05) is 27.7 Å². The van der Waals surface area contributed by atoms with E-state index in [0.717, 1.165) is 62.9 Å². The van der Waals surface area contributed by atoms with Crippen LogP contribution in [0, 0.1) is 11.8 Å². The lowest BCUT2D eigenvalue weighted by Crippen LogP contribution is -2.47. The third-order valence-corrected chi connectivity index (χ3v) is 10.5. The summed E-state index contributed by atoms with van der Waals surface area (Å²) in [5.41, 5.74) is 0.932. The van der Waals surface area contributed by atoms with Crippen molar-refractivity contribution in [2.45, 2.75) is 103 Å². The molecule has 3 heterocycles. The van der Waals surface area contributed by atoms with Crippen LogP contribution in [0.15, 0.2) is 24.4 Å². The van der Waals surface area contributed by atoms with Gasteiger partial charge in [0, 0.05) is 47.8 Å². The van der Waals surface area contributed by atoms with Gasteiger partial charge in [-0.2, -0.15) is 0 Å². The number of hydrogen-bond donors (Lipinski definition) is 1. The molecule has 2 saturated carbocycles. The smallest absolute Gasteiger partial charge is 0.348 e. The Balaban J connectivity index is 1.34. The fourth-order valence-corrected chi connectivity index (χ4v) is 7.23. The molecule has 1 N–H and O–H groups in total. The standard InChI is InChI=1S/C32H43N3O5S/c1-20-6-8-21(9-7-20)30(37)35(25-19-26(32(2,3)4)41-28(25)31(38)39)23-10-12-24(13-11-23)40-27-18-22(14-15-33-27)29(36)34-16-5-17-34/h14-15,18-21,23-24H,5-13,16-17H2,1-4H3,(H,38,39). The van der Waals surface area contributed by atoms with Crippen LogP contribution in [0.4, 0.5) is 5.69 Å². The fraction of sp³-hybridized carbons (Fsp3) is 0.625. The molecule has 2 aliphatic carbocycles. The monoisotopic (exact) mass is 581 g/mol. The van der Waals surface area contributed by atoms with Crippen LogP contribution in [0.1, 0.15) is 110 Å². The van der Waals surface area contributed by atoms with Gasteiger partial charge in [-0.3, -0.25) is 9.59 Å². The molecule has 0 atom stereocenters. The summed E-state index contributed by atoms with van der Waals surface area (Å²) < 4.78 is 6.23. The van der Waals surface area contributed by atoms with Gasteiger partial charge in [0.1, 0.15) is 11.0 Å². The number of amides is 2. The molecule has 0 bridgehead atoms. The molecular formula is C32H43N3O5S. The molecule has 0 spiro atoms. The first-order valence-corrected chi connectivity index (χ1v) is 16.0. The van der Waals surface area contributed by atoms with Crippen molar-refractivity contribution < 1.29 is 24.2 Å². The Bertz CT molecular complexity index is 1260. The quantitative estimate of drug-likeness (QED) is 0.399. The predicted molar refractivity (Wildman–Crippen MR) is 160 cm³/mol. The molecule has 41 heavy (non-hydrogen) atoms. The number of anilines is 1. The molecule has 1 saturated heterocycles. The normalized spacial score (nSPS) is 24.8. The Hall–Kier alpha value is -2.94. The van der Waals surface area contributed by atoms with Gasteiger partial charge in [-0.15, -0.1) is 11.3 Å². The van der Waals surface area contributed by atoms with Crippen LogP contribution in [0.2, 0.25) is 0 Å². The summed E-state index contributed by atoms with van der Waals surface area (Å²) >= 11 is 1.29. The van der Waals surface area contributed by atoms with Crippen LogP contribution in [0.3, 0.4) is 0 Å². The van der Waals surface area contributed by atoms with E-state index in [4.69, 9.17) is 4.74 Å². The number of hydrogen-bond acceptors (Lipinski definition) is 6. The van der Waals surface area contributed by atoms with E-state index in [-0.39, 0.29) is 40.2 Å². The number of aromatic carboxylic acids is 1. The summed E-state index contributed by atoms with van der Waals surface area (Å²) in [6.45, 7) is 10.0. The highest BCUT2D eigenvalue weighted by Crippen LogP contribution is 2.42. The molecule has 3 aliphatic rings. The second-order valence-corrected chi connectivity index (χ2v) is 14.2. The van der Waals surface area contributed by atoms with Crippen molar-refractivity contribution in [1.29, 1.82) is 0 Å².